The monoisotopic (exact) mass is 301 g/mol. The molecule has 0 aliphatic rings. The van der Waals surface area contributed by atoms with Crippen LogP contribution in [-0.4, -0.2) is 44.6 Å². The molecule has 3 N–H and O–H groups in total. The molecule has 0 aromatic heterocycles. The van der Waals surface area contributed by atoms with E-state index in [1.807, 2.05) is 19.0 Å². The quantitative estimate of drug-likeness (QED) is 0.755. The van der Waals surface area contributed by atoms with Crippen LogP contribution in [0.25, 0.3) is 0 Å². The van der Waals surface area contributed by atoms with E-state index in [1.165, 1.54) is 12.1 Å². The van der Waals surface area contributed by atoms with Crippen LogP contribution < -0.4 is 15.8 Å². The number of nitrogens with two attached hydrogens (primary N) is 1. The van der Waals surface area contributed by atoms with Crippen LogP contribution in [0.2, 0.25) is 0 Å². The average molecular weight is 301 g/mol. The molecule has 1 aromatic carbocycles. The number of primary amides is 1. The van der Waals surface area contributed by atoms with E-state index in [1.54, 1.807) is 19.1 Å². The number of benzene rings is 1. The summed E-state index contributed by atoms with van der Waals surface area (Å²) in [7, 11) is 3.81. The van der Waals surface area contributed by atoms with Crippen LogP contribution in [0.4, 0.5) is 8.78 Å². The van der Waals surface area contributed by atoms with Crippen LogP contribution >= 0.6 is 0 Å². The van der Waals surface area contributed by atoms with Gasteiger partial charge in [0, 0.05) is 13.1 Å². The van der Waals surface area contributed by atoms with Crippen LogP contribution in [0, 0.1) is 0 Å². The first-order valence-corrected chi connectivity index (χ1v) is 6.50. The van der Waals surface area contributed by atoms with Gasteiger partial charge in [0.1, 0.15) is 11.3 Å². The second-order valence-corrected chi connectivity index (χ2v) is 5.13. The average Bonchev–Trinajstić information content (AvgIpc) is 2.37. The molecule has 7 heteroatoms. The summed E-state index contributed by atoms with van der Waals surface area (Å²) in [6.07, 6.45) is 0. The van der Waals surface area contributed by atoms with Crippen molar-refractivity contribution in [3.8, 4) is 5.75 Å². The zero-order chi connectivity index (χ0) is 16.0. The number of halogens is 2. The Morgan fingerprint density at radius 1 is 1.48 bits per heavy atom. The molecule has 0 radical (unpaired) electrons. The third-order valence-corrected chi connectivity index (χ3v) is 3.17. The molecular weight excluding hydrogens is 280 g/mol. The first-order valence-electron chi connectivity index (χ1n) is 6.50. The number of ether oxygens (including phenoxy) is 1. The van der Waals surface area contributed by atoms with Gasteiger partial charge in [-0.05, 0) is 38.7 Å². The number of likely N-dealkylation sites (N-methyl/N-ethyl adjacent to an activating group) is 1. The minimum Gasteiger partial charge on any atom is -0.435 e. The Morgan fingerprint density at radius 3 is 2.67 bits per heavy atom. The highest BCUT2D eigenvalue weighted by Crippen LogP contribution is 2.25. The molecule has 0 aliphatic carbocycles. The first kappa shape index (κ1) is 17.3. The molecule has 0 saturated carbocycles. The van der Waals surface area contributed by atoms with Crippen LogP contribution in [-0.2, 0) is 10.3 Å². The Bertz CT molecular complexity index is 483. The number of carbonyl (C=O) groups excluding carboxylic acids is 1. The first-order chi connectivity index (χ1) is 9.75. The van der Waals surface area contributed by atoms with Crippen molar-refractivity contribution in [2.24, 2.45) is 5.73 Å². The Labute approximate surface area is 123 Å². The second-order valence-electron chi connectivity index (χ2n) is 5.13. The van der Waals surface area contributed by atoms with Crippen molar-refractivity contribution in [1.82, 2.24) is 10.2 Å². The number of hydrogen-bond acceptors (Lipinski definition) is 4. The van der Waals surface area contributed by atoms with E-state index in [0.29, 0.717) is 18.7 Å². The molecular formula is C14H21F2N3O2. The normalized spacial score (nSPS) is 14.2. The summed E-state index contributed by atoms with van der Waals surface area (Å²) in [4.78, 5) is 13.7. The molecule has 0 fully saturated rings. The molecule has 1 aromatic rings. The highest BCUT2D eigenvalue weighted by Gasteiger charge is 2.33. The van der Waals surface area contributed by atoms with Crippen LogP contribution in [0.1, 0.15) is 12.5 Å². The van der Waals surface area contributed by atoms with Crippen LogP contribution in [0.3, 0.4) is 0 Å². The highest BCUT2D eigenvalue weighted by atomic mass is 19.3. The van der Waals surface area contributed by atoms with Crippen molar-refractivity contribution in [2.75, 3.05) is 27.2 Å². The van der Waals surface area contributed by atoms with Crippen molar-refractivity contribution in [2.45, 2.75) is 19.1 Å². The molecule has 21 heavy (non-hydrogen) atoms. The van der Waals surface area contributed by atoms with E-state index in [-0.39, 0.29) is 5.75 Å². The van der Waals surface area contributed by atoms with Crippen molar-refractivity contribution >= 4 is 5.91 Å². The van der Waals surface area contributed by atoms with E-state index in [4.69, 9.17) is 5.73 Å². The Kier molecular flexibility index (Phi) is 6.04. The largest absolute Gasteiger partial charge is 0.435 e. The van der Waals surface area contributed by atoms with Gasteiger partial charge >= 0.3 is 6.61 Å². The lowest BCUT2D eigenvalue weighted by molar-refractivity contribution is -0.124. The summed E-state index contributed by atoms with van der Waals surface area (Å²) in [6, 6.07) is 5.98. The number of carbonyl (C=O) groups is 1. The van der Waals surface area contributed by atoms with Gasteiger partial charge in [-0.25, -0.2) is 0 Å². The number of amides is 1. The minimum atomic E-state index is -2.92. The summed E-state index contributed by atoms with van der Waals surface area (Å²) in [5.41, 5.74) is 4.79. The fourth-order valence-corrected chi connectivity index (χ4v) is 1.84. The third kappa shape index (κ3) is 4.95. The molecule has 5 nitrogen and oxygen atoms in total. The van der Waals surface area contributed by atoms with Crippen molar-refractivity contribution in [1.29, 1.82) is 0 Å². The maximum atomic E-state index is 12.3. The summed E-state index contributed by atoms with van der Waals surface area (Å²) < 4.78 is 28.9. The fraction of sp³-hybridized carbons (Fsp3) is 0.500. The van der Waals surface area contributed by atoms with Gasteiger partial charge in [-0.15, -0.1) is 0 Å². The van der Waals surface area contributed by atoms with Gasteiger partial charge in [0.15, 0.2) is 0 Å². The Hall–Kier alpha value is -1.73. The maximum absolute atomic E-state index is 12.3. The lowest BCUT2D eigenvalue weighted by Crippen LogP contribution is -2.51. The molecule has 118 valence electrons. The number of alkyl halides is 2. The number of hydrogen-bond donors (Lipinski definition) is 2. The second kappa shape index (κ2) is 7.33. The maximum Gasteiger partial charge on any atom is 0.387 e. The predicted octanol–water partition coefficient (Wildman–Crippen LogP) is 1.14. The summed E-state index contributed by atoms with van der Waals surface area (Å²) in [5, 5.41) is 3.06. The summed E-state index contributed by atoms with van der Waals surface area (Å²) in [6.45, 7) is -0.0728. The molecule has 1 atom stereocenters. The number of nitrogens with zero attached hydrogens (tertiary/aromatic N) is 1. The Morgan fingerprint density at radius 2 is 2.14 bits per heavy atom. The summed E-state index contributed by atoms with van der Waals surface area (Å²) in [5.74, 6) is -0.597. The smallest absolute Gasteiger partial charge is 0.387 e. The van der Waals surface area contributed by atoms with Gasteiger partial charge in [0.05, 0.1) is 0 Å². The molecule has 1 unspecified atom stereocenters. The van der Waals surface area contributed by atoms with Gasteiger partial charge in [-0.3, -0.25) is 10.1 Å². The lowest BCUT2D eigenvalue weighted by atomic mass is 9.91. The molecule has 1 amide bonds. The van der Waals surface area contributed by atoms with Gasteiger partial charge in [-0.2, -0.15) is 8.78 Å². The SMILES string of the molecule is CN(C)CCNC(C)(C(N)=O)c1cccc(OC(F)F)c1. The zero-order valence-corrected chi connectivity index (χ0v) is 12.4. The van der Waals surface area contributed by atoms with Gasteiger partial charge in [-0.1, -0.05) is 12.1 Å². The topological polar surface area (TPSA) is 67.6 Å². The lowest BCUT2D eigenvalue weighted by Gasteiger charge is -2.29. The zero-order valence-electron chi connectivity index (χ0n) is 12.4. The summed E-state index contributed by atoms with van der Waals surface area (Å²) >= 11 is 0. The fourth-order valence-electron chi connectivity index (χ4n) is 1.84. The molecule has 0 saturated heterocycles. The van der Waals surface area contributed by atoms with Crippen molar-refractivity contribution in [3.05, 3.63) is 29.8 Å². The molecule has 1 rings (SSSR count). The van der Waals surface area contributed by atoms with Gasteiger partial charge < -0.3 is 15.4 Å². The molecule has 0 aliphatic heterocycles. The van der Waals surface area contributed by atoms with E-state index >= 15 is 0 Å². The number of nitrogens with one attached hydrogen (secondary N) is 1. The van der Waals surface area contributed by atoms with Crippen molar-refractivity contribution in [3.63, 3.8) is 0 Å². The van der Waals surface area contributed by atoms with Crippen LogP contribution in [0.15, 0.2) is 24.3 Å². The van der Waals surface area contributed by atoms with Crippen LogP contribution in [0.5, 0.6) is 5.75 Å². The van der Waals surface area contributed by atoms with E-state index < -0.39 is 18.1 Å². The molecule has 0 heterocycles. The molecule has 0 bridgehead atoms. The Balaban J connectivity index is 2.96. The number of rotatable bonds is 8. The minimum absolute atomic E-state index is 0.00983. The highest BCUT2D eigenvalue weighted by molar-refractivity contribution is 5.85. The van der Waals surface area contributed by atoms with E-state index in [0.717, 1.165) is 0 Å². The third-order valence-electron chi connectivity index (χ3n) is 3.17. The van der Waals surface area contributed by atoms with E-state index in [9.17, 15) is 13.6 Å². The van der Waals surface area contributed by atoms with Gasteiger partial charge in [0.25, 0.3) is 0 Å². The van der Waals surface area contributed by atoms with Crippen molar-refractivity contribution < 1.29 is 18.3 Å². The predicted molar refractivity (Wildman–Crippen MR) is 76.2 cm³/mol. The van der Waals surface area contributed by atoms with E-state index in [2.05, 4.69) is 10.1 Å². The van der Waals surface area contributed by atoms with Gasteiger partial charge in [0.2, 0.25) is 5.91 Å². The molecule has 0 spiro atoms. The standard InChI is InChI=1S/C14H21F2N3O2/c1-14(12(17)20,18-7-8-19(2)3)10-5-4-6-11(9-10)21-13(15)16/h4-6,9,13,18H,7-8H2,1-3H3,(H2,17,20).